The quantitative estimate of drug-likeness (QED) is 0.894. The lowest BCUT2D eigenvalue weighted by molar-refractivity contribution is 0.292. The Morgan fingerprint density at radius 2 is 1.84 bits per heavy atom. The van der Waals surface area contributed by atoms with E-state index in [4.69, 9.17) is 15.2 Å². The molecule has 0 radical (unpaired) electrons. The van der Waals surface area contributed by atoms with E-state index < -0.39 is 0 Å². The fourth-order valence-corrected chi connectivity index (χ4v) is 3.20. The first-order chi connectivity index (χ1) is 9.25. The SMILES string of the molecule is NCC1(c2cc(F)c3c(c2)OCCCO3)CCCC1. The molecule has 104 valence electrons. The van der Waals surface area contributed by atoms with Crippen molar-refractivity contribution in [2.45, 2.75) is 37.5 Å². The predicted octanol–water partition coefficient (Wildman–Crippen LogP) is 2.76. The van der Waals surface area contributed by atoms with Crippen LogP contribution in [0.4, 0.5) is 4.39 Å². The molecule has 0 spiro atoms. The van der Waals surface area contributed by atoms with Crippen LogP contribution in [-0.2, 0) is 5.41 Å². The number of nitrogens with two attached hydrogens (primary N) is 1. The van der Waals surface area contributed by atoms with Crippen LogP contribution in [0.1, 0.15) is 37.7 Å². The fraction of sp³-hybridized carbons (Fsp3) is 0.600. The Balaban J connectivity index is 2.03. The van der Waals surface area contributed by atoms with Gasteiger partial charge < -0.3 is 15.2 Å². The highest BCUT2D eigenvalue weighted by Gasteiger charge is 2.36. The summed E-state index contributed by atoms with van der Waals surface area (Å²) in [6.07, 6.45) is 5.16. The summed E-state index contributed by atoms with van der Waals surface area (Å²) in [5, 5.41) is 0. The highest BCUT2D eigenvalue weighted by Crippen LogP contribution is 2.44. The zero-order chi connectivity index (χ0) is 13.3. The van der Waals surface area contributed by atoms with Crippen molar-refractivity contribution in [1.82, 2.24) is 0 Å². The molecule has 1 fully saturated rings. The van der Waals surface area contributed by atoms with Crippen LogP contribution in [0.25, 0.3) is 0 Å². The Kier molecular flexibility index (Phi) is 3.35. The van der Waals surface area contributed by atoms with Crippen LogP contribution < -0.4 is 15.2 Å². The molecule has 3 nitrogen and oxygen atoms in total. The topological polar surface area (TPSA) is 44.5 Å². The second-order valence-corrected chi connectivity index (χ2v) is 5.53. The minimum Gasteiger partial charge on any atom is -0.489 e. The summed E-state index contributed by atoms with van der Waals surface area (Å²) in [6, 6.07) is 3.52. The van der Waals surface area contributed by atoms with Crippen molar-refractivity contribution in [2.75, 3.05) is 19.8 Å². The molecule has 2 aliphatic rings. The van der Waals surface area contributed by atoms with Gasteiger partial charge in [-0.15, -0.1) is 0 Å². The number of hydrogen-bond acceptors (Lipinski definition) is 3. The maximum absolute atomic E-state index is 14.2. The molecule has 0 unspecified atom stereocenters. The molecule has 0 aromatic heterocycles. The van der Waals surface area contributed by atoms with Crippen LogP contribution in [0.15, 0.2) is 12.1 Å². The Morgan fingerprint density at radius 3 is 2.58 bits per heavy atom. The lowest BCUT2D eigenvalue weighted by Gasteiger charge is -2.28. The summed E-state index contributed by atoms with van der Waals surface area (Å²) in [7, 11) is 0. The average Bonchev–Trinajstić information content (AvgIpc) is 2.78. The summed E-state index contributed by atoms with van der Waals surface area (Å²) in [5.74, 6) is 0.466. The standard InChI is InChI=1S/C15H20FNO2/c16-12-8-11(15(10-17)4-1-2-5-15)9-13-14(12)19-7-3-6-18-13/h8-9H,1-7,10,17H2. The Labute approximate surface area is 112 Å². The van der Waals surface area contributed by atoms with E-state index in [2.05, 4.69) is 0 Å². The van der Waals surface area contributed by atoms with Crippen LogP contribution >= 0.6 is 0 Å². The minimum atomic E-state index is -0.325. The van der Waals surface area contributed by atoms with E-state index >= 15 is 0 Å². The third-order valence-corrected chi connectivity index (χ3v) is 4.37. The van der Waals surface area contributed by atoms with Gasteiger partial charge in [0.1, 0.15) is 0 Å². The zero-order valence-corrected chi connectivity index (χ0v) is 11.1. The van der Waals surface area contributed by atoms with E-state index in [1.54, 1.807) is 6.07 Å². The van der Waals surface area contributed by atoms with Crippen LogP contribution in [0, 0.1) is 5.82 Å². The molecule has 19 heavy (non-hydrogen) atoms. The largest absolute Gasteiger partial charge is 0.489 e. The van der Waals surface area contributed by atoms with Gasteiger partial charge in [-0.05, 0) is 30.5 Å². The van der Waals surface area contributed by atoms with Crippen molar-refractivity contribution in [2.24, 2.45) is 5.73 Å². The van der Waals surface area contributed by atoms with Gasteiger partial charge in [-0.2, -0.15) is 0 Å². The molecule has 0 atom stereocenters. The van der Waals surface area contributed by atoms with Crippen LogP contribution in [-0.4, -0.2) is 19.8 Å². The first-order valence-electron chi connectivity index (χ1n) is 7.05. The average molecular weight is 265 g/mol. The second-order valence-electron chi connectivity index (χ2n) is 5.53. The third kappa shape index (κ3) is 2.18. The van der Waals surface area contributed by atoms with Crippen molar-refractivity contribution >= 4 is 0 Å². The maximum atomic E-state index is 14.2. The first-order valence-corrected chi connectivity index (χ1v) is 7.05. The smallest absolute Gasteiger partial charge is 0.197 e. The summed E-state index contributed by atoms with van der Waals surface area (Å²) < 4.78 is 25.3. The van der Waals surface area contributed by atoms with Crippen molar-refractivity contribution in [3.63, 3.8) is 0 Å². The molecular weight excluding hydrogens is 245 g/mol. The zero-order valence-electron chi connectivity index (χ0n) is 11.1. The van der Waals surface area contributed by atoms with Crippen molar-refractivity contribution < 1.29 is 13.9 Å². The van der Waals surface area contributed by atoms with Crippen molar-refractivity contribution in [3.8, 4) is 11.5 Å². The third-order valence-electron chi connectivity index (χ3n) is 4.37. The molecule has 2 N–H and O–H groups in total. The monoisotopic (exact) mass is 265 g/mol. The molecular formula is C15H20FNO2. The number of ether oxygens (including phenoxy) is 2. The summed E-state index contributed by atoms with van der Waals surface area (Å²) in [5.41, 5.74) is 6.85. The van der Waals surface area contributed by atoms with Crippen LogP contribution in [0.3, 0.4) is 0 Å². The molecule has 3 rings (SSSR count). The fourth-order valence-electron chi connectivity index (χ4n) is 3.20. The molecule has 1 heterocycles. The van der Waals surface area contributed by atoms with E-state index in [0.717, 1.165) is 37.7 Å². The predicted molar refractivity (Wildman–Crippen MR) is 71.2 cm³/mol. The molecule has 0 saturated heterocycles. The molecule has 1 saturated carbocycles. The van der Waals surface area contributed by atoms with Gasteiger partial charge in [0.2, 0.25) is 0 Å². The van der Waals surface area contributed by atoms with Gasteiger partial charge >= 0.3 is 0 Å². The van der Waals surface area contributed by atoms with Crippen molar-refractivity contribution in [1.29, 1.82) is 0 Å². The van der Waals surface area contributed by atoms with E-state index in [0.29, 0.717) is 25.5 Å². The maximum Gasteiger partial charge on any atom is 0.197 e. The number of fused-ring (bicyclic) bond motifs is 1. The molecule has 1 aromatic rings. The van der Waals surface area contributed by atoms with Gasteiger partial charge in [0.25, 0.3) is 0 Å². The molecule has 1 aromatic carbocycles. The molecule has 0 bridgehead atoms. The van der Waals surface area contributed by atoms with Gasteiger partial charge in [-0.3, -0.25) is 0 Å². The Hall–Kier alpha value is -1.29. The Bertz CT molecular complexity index is 469. The lowest BCUT2D eigenvalue weighted by atomic mass is 9.79. The van der Waals surface area contributed by atoms with E-state index in [9.17, 15) is 4.39 Å². The number of hydrogen-bond donors (Lipinski definition) is 1. The van der Waals surface area contributed by atoms with E-state index in [1.807, 2.05) is 6.07 Å². The number of halogens is 1. The van der Waals surface area contributed by atoms with Gasteiger partial charge in [-0.25, -0.2) is 4.39 Å². The highest BCUT2D eigenvalue weighted by molar-refractivity contribution is 5.47. The van der Waals surface area contributed by atoms with E-state index in [-0.39, 0.29) is 17.0 Å². The molecule has 1 aliphatic carbocycles. The van der Waals surface area contributed by atoms with Crippen LogP contribution in [0.5, 0.6) is 11.5 Å². The number of rotatable bonds is 2. The van der Waals surface area contributed by atoms with Gasteiger partial charge in [-0.1, -0.05) is 12.8 Å². The highest BCUT2D eigenvalue weighted by atomic mass is 19.1. The normalized spacial score (nSPS) is 21.2. The van der Waals surface area contributed by atoms with E-state index in [1.165, 1.54) is 0 Å². The van der Waals surface area contributed by atoms with Gasteiger partial charge in [0.15, 0.2) is 17.3 Å². The lowest BCUT2D eigenvalue weighted by Crippen LogP contribution is -2.32. The van der Waals surface area contributed by atoms with Gasteiger partial charge in [0, 0.05) is 18.4 Å². The number of benzene rings is 1. The minimum absolute atomic E-state index is 0.0778. The molecule has 4 heteroatoms. The summed E-state index contributed by atoms with van der Waals surface area (Å²) in [6.45, 7) is 1.64. The summed E-state index contributed by atoms with van der Waals surface area (Å²) in [4.78, 5) is 0. The summed E-state index contributed by atoms with van der Waals surface area (Å²) >= 11 is 0. The van der Waals surface area contributed by atoms with Crippen LogP contribution in [0.2, 0.25) is 0 Å². The molecule has 1 aliphatic heterocycles. The molecule has 0 amide bonds. The van der Waals surface area contributed by atoms with Crippen molar-refractivity contribution in [3.05, 3.63) is 23.5 Å². The van der Waals surface area contributed by atoms with Gasteiger partial charge in [0.05, 0.1) is 13.2 Å². The second kappa shape index (κ2) is 5.00. The Morgan fingerprint density at radius 1 is 1.11 bits per heavy atom. The first kappa shape index (κ1) is 12.7.